The number of thioether (sulfide) groups is 1. The smallest absolute Gasteiger partial charge is 0.120 e. The predicted molar refractivity (Wildman–Crippen MR) is 56.8 cm³/mol. The maximum absolute atomic E-state index is 5.93. The predicted octanol–water partition coefficient (Wildman–Crippen LogP) is 1.70. The number of likely N-dealkylation sites (N-methyl/N-ethyl adjacent to an activating group) is 1. The molecule has 0 aromatic rings. The molecule has 2 heterocycles. The molecule has 0 N–H and O–H groups in total. The van der Waals surface area contributed by atoms with Crippen LogP contribution in [0.25, 0.3) is 0 Å². The molecule has 76 valence electrons. The molecule has 0 saturated carbocycles. The van der Waals surface area contributed by atoms with Gasteiger partial charge in [-0.2, -0.15) is 0 Å². The number of nitrogens with zero attached hydrogens (tertiary/aromatic N) is 1. The van der Waals surface area contributed by atoms with Gasteiger partial charge in [0, 0.05) is 18.6 Å². The third-order valence-electron chi connectivity index (χ3n) is 3.42. The summed E-state index contributed by atoms with van der Waals surface area (Å²) in [6, 6.07) is 0.748. The summed E-state index contributed by atoms with van der Waals surface area (Å²) in [5.74, 6) is 1.20. The van der Waals surface area contributed by atoms with Crippen LogP contribution in [0.2, 0.25) is 0 Å². The van der Waals surface area contributed by atoms with Crippen molar-refractivity contribution in [3.63, 3.8) is 0 Å². The van der Waals surface area contributed by atoms with E-state index in [1.54, 1.807) is 0 Å². The number of hydrogen-bond acceptors (Lipinski definition) is 2. The Morgan fingerprint density at radius 3 is 2.62 bits per heavy atom. The molecular weight excluding hydrogens is 182 g/mol. The fourth-order valence-corrected chi connectivity index (χ4v) is 3.60. The largest absolute Gasteiger partial charge is 0.358 e. The Bertz CT molecular complexity index is 195. The minimum atomic E-state index is 0.422. The Morgan fingerprint density at radius 2 is 2.15 bits per heavy atom. The molecule has 13 heavy (non-hydrogen) atoms. The second-order valence-electron chi connectivity index (χ2n) is 4.79. The van der Waals surface area contributed by atoms with Crippen molar-refractivity contribution in [1.29, 1.82) is 0 Å². The van der Waals surface area contributed by atoms with E-state index in [0.29, 0.717) is 11.5 Å². The molecule has 2 aliphatic rings. The van der Waals surface area contributed by atoms with E-state index in [0.717, 1.165) is 10.5 Å². The van der Waals surface area contributed by atoms with Crippen LogP contribution in [-0.4, -0.2) is 48.5 Å². The summed E-state index contributed by atoms with van der Waals surface area (Å²) in [5.41, 5.74) is 0.422. The summed E-state index contributed by atoms with van der Waals surface area (Å²) in [4.78, 5) is 0. The number of quaternary nitrogens is 1. The molecule has 0 aliphatic carbocycles. The first-order chi connectivity index (χ1) is 6.09. The molecule has 2 nitrogen and oxygen atoms in total. The lowest BCUT2D eigenvalue weighted by molar-refractivity contribution is -0.905. The monoisotopic (exact) mass is 202 g/mol. The van der Waals surface area contributed by atoms with Gasteiger partial charge in [0.05, 0.1) is 20.6 Å². The molecule has 0 aromatic heterocycles. The zero-order valence-corrected chi connectivity index (χ0v) is 9.64. The van der Waals surface area contributed by atoms with Crippen molar-refractivity contribution in [2.24, 2.45) is 0 Å². The molecule has 2 rings (SSSR count). The van der Waals surface area contributed by atoms with Gasteiger partial charge in [0.15, 0.2) is 0 Å². The third kappa shape index (κ3) is 1.88. The number of likely N-dealkylation sites (tertiary alicyclic amines) is 1. The molecular formula is C10H20NOS+. The van der Waals surface area contributed by atoms with E-state index >= 15 is 0 Å². The van der Waals surface area contributed by atoms with Crippen LogP contribution in [0.15, 0.2) is 0 Å². The highest BCUT2D eigenvalue weighted by atomic mass is 32.2. The molecule has 0 amide bonds. The molecule has 0 bridgehead atoms. The summed E-state index contributed by atoms with van der Waals surface area (Å²) in [6.07, 6.45) is 3.24. The van der Waals surface area contributed by atoms with Gasteiger partial charge in [0.25, 0.3) is 0 Å². The maximum Gasteiger partial charge on any atom is 0.120 e. The van der Waals surface area contributed by atoms with Crippen LogP contribution < -0.4 is 0 Å². The quantitative estimate of drug-likeness (QED) is 0.599. The lowest BCUT2D eigenvalue weighted by Crippen LogP contribution is -2.50. The van der Waals surface area contributed by atoms with Crippen LogP contribution in [0.4, 0.5) is 0 Å². The molecule has 0 spiro atoms. The second-order valence-corrected chi connectivity index (χ2v) is 6.12. The van der Waals surface area contributed by atoms with Gasteiger partial charge in [-0.1, -0.05) is 0 Å². The van der Waals surface area contributed by atoms with Crippen molar-refractivity contribution in [2.75, 3.05) is 26.4 Å². The summed E-state index contributed by atoms with van der Waals surface area (Å²) in [5, 5.41) is 0. The van der Waals surface area contributed by atoms with Crippen molar-refractivity contribution in [3.05, 3.63) is 0 Å². The Morgan fingerprint density at radius 1 is 1.38 bits per heavy atom. The van der Waals surface area contributed by atoms with E-state index in [1.165, 1.54) is 25.1 Å². The molecule has 3 heteroatoms. The van der Waals surface area contributed by atoms with Crippen LogP contribution in [0.5, 0.6) is 0 Å². The van der Waals surface area contributed by atoms with Gasteiger partial charge in [-0.15, -0.1) is 11.8 Å². The number of rotatable bonds is 1. The normalized spacial score (nSPS) is 44.1. The van der Waals surface area contributed by atoms with Crippen LogP contribution in [0.1, 0.15) is 19.8 Å². The van der Waals surface area contributed by atoms with Gasteiger partial charge in [-0.05, 0) is 6.92 Å². The summed E-state index contributed by atoms with van der Waals surface area (Å²) in [6.45, 7) is 3.49. The molecule has 2 saturated heterocycles. The first-order valence-corrected chi connectivity index (χ1v) is 6.24. The SMILES string of the molecule is C[C@@H]1O[C@H]([C@H]2CCC[N+]2(C)C)CS1. The first-order valence-electron chi connectivity index (χ1n) is 5.19. The Balaban J connectivity index is 2.00. The molecule has 2 fully saturated rings. The molecule has 3 atom stereocenters. The van der Waals surface area contributed by atoms with E-state index in [1.807, 2.05) is 11.8 Å². The van der Waals surface area contributed by atoms with E-state index in [9.17, 15) is 0 Å². The van der Waals surface area contributed by atoms with Gasteiger partial charge in [0.1, 0.15) is 17.6 Å². The Kier molecular flexibility index (Phi) is 2.60. The van der Waals surface area contributed by atoms with Crippen molar-refractivity contribution < 1.29 is 9.22 Å². The zero-order chi connectivity index (χ0) is 9.47. The zero-order valence-electron chi connectivity index (χ0n) is 8.82. The van der Waals surface area contributed by atoms with Crippen LogP contribution in [0, 0.1) is 0 Å². The average molecular weight is 202 g/mol. The molecule has 0 radical (unpaired) electrons. The highest BCUT2D eigenvalue weighted by molar-refractivity contribution is 7.99. The van der Waals surface area contributed by atoms with Gasteiger partial charge in [0.2, 0.25) is 0 Å². The van der Waals surface area contributed by atoms with Crippen molar-refractivity contribution in [1.82, 2.24) is 0 Å². The summed E-state index contributed by atoms with van der Waals surface area (Å²) in [7, 11) is 4.68. The minimum Gasteiger partial charge on any atom is -0.358 e. The van der Waals surface area contributed by atoms with Gasteiger partial charge < -0.3 is 9.22 Å². The highest BCUT2D eigenvalue weighted by Crippen LogP contribution is 2.34. The average Bonchev–Trinajstić information content (AvgIpc) is 2.56. The van der Waals surface area contributed by atoms with Crippen LogP contribution in [-0.2, 0) is 4.74 Å². The van der Waals surface area contributed by atoms with E-state index in [-0.39, 0.29) is 0 Å². The fraction of sp³-hybridized carbons (Fsp3) is 1.00. The standard InChI is InChI=1S/C10H20NOS/c1-8-12-10(7-13-8)9-5-4-6-11(9,2)3/h8-10H,4-7H2,1-3H3/q+1/t8-,9-,10+/m1/s1. The lowest BCUT2D eigenvalue weighted by atomic mass is 10.1. The minimum absolute atomic E-state index is 0.422. The van der Waals surface area contributed by atoms with Gasteiger partial charge in [-0.25, -0.2) is 0 Å². The van der Waals surface area contributed by atoms with Crippen molar-refractivity contribution >= 4 is 11.8 Å². The van der Waals surface area contributed by atoms with Crippen LogP contribution in [0.3, 0.4) is 0 Å². The number of hydrogen-bond donors (Lipinski definition) is 0. The molecule has 2 aliphatic heterocycles. The Labute approximate surface area is 85.2 Å². The fourth-order valence-electron chi connectivity index (χ4n) is 2.62. The second kappa shape index (κ2) is 3.44. The molecule has 0 unspecified atom stereocenters. The van der Waals surface area contributed by atoms with Crippen LogP contribution >= 0.6 is 11.8 Å². The maximum atomic E-state index is 5.93. The van der Waals surface area contributed by atoms with Crippen molar-refractivity contribution in [3.8, 4) is 0 Å². The van der Waals surface area contributed by atoms with Gasteiger partial charge >= 0.3 is 0 Å². The van der Waals surface area contributed by atoms with E-state index < -0.39 is 0 Å². The van der Waals surface area contributed by atoms with E-state index in [2.05, 4.69) is 21.0 Å². The van der Waals surface area contributed by atoms with E-state index in [4.69, 9.17) is 4.74 Å². The third-order valence-corrected chi connectivity index (χ3v) is 4.52. The van der Waals surface area contributed by atoms with Crippen molar-refractivity contribution in [2.45, 2.75) is 37.3 Å². The topological polar surface area (TPSA) is 9.23 Å². The summed E-state index contributed by atoms with van der Waals surface area (Å²) >= 11 is 1.96. The summed E-state index contributed by atoms with van der Waals surface area (Å²) < 4.78 is 7.09. The Hall–Kier alpha value is 0.270. The molecule has 0 aromatic carbocycles. The van der Waals surface area contributed by atoms with Gasteiger partial charge in [-0.3, -0.25) is 0 Å². The lowest BCUT2D eigenvalue weighted by Gasteiger charge is -2.34. The first kappa shape index (κ1) is 9.81. The highest BCUT2D eigenvalue weighted by Gasteiger charge is 2.43. The number of ether oxygens (including phenoxy) is 1.